The van der Waals surface area contributed by atoms with E-state index in [9.17, 15) is 0 Å². The smallest absolute Gasteiger partial charge is 0.0541 e. The topological polar surface area (TPSA) is 9.86 Å². The third kappa shape index (κ3) is 4.17. The Bertz CT molecular complexity index is 2040. The van der Waals surface area contributed by atoms with Gasteiger partial charge in [-0.3, -0.25) is 0 Å². The van der Waals surface area contributed by atoms with Crippen molar-refractivity contribution in [2.24, 2.45) is 0 Å². The van der Waals surface area contributed by atoms with Gasteiger partial charge in [0.2, 0.25) is 0 Å². The molecule has 2 nitrogen and oxygen atoms in total. The number of aryl methyl sites for hydroxylation is 1. The molecule has 0 radical (unpaired) electrons. The lowest BCUT2D eigenvalue weighted by molar-refractivity contribution is 1.18. The minimum Gasteiger partial charge on any atom is -0.309 e. The highest BCUT2D eigenvalue weighted by atomic mass is 79.9. The number of aromatic nitrogens is 2. The lowest BCUT2D eigenvalue weighted by atomic mass is 10.0. The van der Waals surface area contributed by atoms with Crippen LogP contribution in [0.4, 0.5) is 0 Å². The van der Waals surface area contributed by atoms with Gasteiger partial charge in [-0.25, -0.2) is 0 Å². The molecule has 0 bridgehead atoms. The average Bonchev–Trinajstić information content (AvgIpc) is 3.48. The average molecular weight is 735 g/mol. The standard InChI is InChI=1S/C37H23Br3N2/c1-22-2-14-34-30(18-22)31-19-25(38)7-15-35(31)41(34)28-10-3-23(4-11-28)24-5-12-29(13-6-24)42-36-16-8-26(39)20-32(36)33-21-27(40)9-17-37(33)42/h2-21H,1H3. The maximum absolute atomic E-state index is 3.67. The van der Waals surface area contributed by atoms with E-state index in [0.29, 0.717) is 0 Å². The van der Waals surface area contributed by atoms with Crippen LogP contribution in [0.25, 0.3) is 66.1 Å². The first-order valence-corrected chi connectivity index (χ1v) is 16.1. The SMILES string of the molecule is Cc1ccc2c(c1)c1cc(Br)ccc1n2-c1ccc(-c2ccc(-n3c4ccc(Br)cc4c4cc(Br)ccc43)cc2)cc1. The van der Waals surface area contributed by atoms with Crippen molar-refractivity contribution in [2.45, 2.75) is 6.92 Å². The van der Waals surface area contributed by atoms with E-state index in [1.165, 1.54) is 60.3 Å². The van der Waals surface area contributed by atoms with Crippen LogP contribution in [0.2, 0.25) is 0 Å². The predicted octanol–water partition coefficient (Wildman–Crippen LogP) is 12.1. The molecule has 0 unspecified atom stereocenters. The summed E-state index contributed by atoms with van der Waals surface area (Å²) < 4.78 is 7.96. The fraction of sp³-hybridized carbons (Fsp3) is 0.0270. The molecule has 0 aliphatic heterocycles. The second kappa shape index (κ2) is 9.98. The predicted molar refractivity (Wildman–Crippen MR) is 188 cm³/mol. The zero-order valence-electron chi connectivity index (χ0n) is 22.6. The molecular formula is C37H23Br3N2. The van der Waals surface area contributed by atoms with Crippen molar-refractivity contribution in [2.75, 3.05) is 0 Å². The summed E-state index contributed by atoms with van der Waals surface area (Å²) >= 11 is 11.0. The quantitative estimate of drug-likeness (QED) is 0.171. The molecular weight excluding hydrogens is 712 g/mol. The summed E-state index contributed by atoms with van der Waals surface area (Å²) in [5.74, 6) is 0. The van der Waals surface area contributed by atoms with Gasteiger partial charge in [-0.2, -0.15) is 0 Å². The van der Waals surface area contributed by atoms with Crippen LogP contribution in [0.1, 0.15) is 5.56 Å². The Morgan fingerprint density at radius 3 is 1.10 bits per heavy atom. The van der Waals surface area contributed by atoms with Crippen molar-refractivity contribution < 1.29 is 0 Å². The summed E-state index contributed by atoms with van der Waals surface area (Å²) in [7, 11) is 0. The monoisotopic (exact) mass is 732 g/mol. The molecule has 5 heteroatoms. The number of fused-ring (bicyclic) bond motifs is 6. The molecule has 0 atom stereocenters. The van der Waals surface area contributed by atoms with E-state index in [2.05, 4.69) is 185 Å². The van der Waals surface area contributed by atoms with Gasteiger partial charge in [-0.15, -0.1) is 0 Å². The summed E-state index contributed by atoms with van der Waals surface area (Å²) in [6.45, 7) is 2.15. The van der Waals surface area contributed by atoms with Crippen LogP contribution in [0.15, 0.2) is 135 Å². The van der Waals surface area contributed by atoms with Crippen molar-refractivity contribution >= 4 is 91.4 Å². The Morgan fingerprint density at radius 1 is 0.381 bits per heavy atom. The van der Waals surface area contributed by atoms with Gasteiger partial charge in [0.15, 0.2) is 0 Å². The van der Waals surface area contributed by atoms with Gasteiger partial charge in [-0.1, -0.05) is 83.7 Å². The highest BCUT2D eigenvalue weighted by Gasteiger charge is 2.15. The van der Waals surface area contributed by atoms with Crippen LogP contribution >= 0.6 is 47.8 Å². The number of rotatable bonds is 3. The molecule has 0 fully saturated rings. The van der Waals surface area contributed by atoms with Gasteiger partial charge in [0.25, 0.3) is 0 Å². The molecule has 202 valence electrons. The van der Waals surface area contributed by atoms with Gasteiger partial charge in [0.05, 0.1) is 22.1 Å². The van der Waals surface area contributed by atoms with Crippen molar-refractivity contribution in [3.05, 3.63) is 140 Å². The van der Waals surface area contributed by atoms with E-state index < -0.39 is 0 Å². The van der Waals surface area contributed by atoms with E-state index in [-0.39, 0.29) is 0 Å². The minimum atomic E-state index is 1.08. The molecule has 0 saturated heterocycles. The van der Waals surface area contributed by atoms with E-state index in [1.54, 1.807) is 0 Å². The number of nitrogens with zero attached hydrogens (tertiary/aromatic N) is 2. The van der Waals surface area contributed by atoms with Gasteiger partial charge in [0.1, 0.15) is 0 Å². The summed E-state index contributed by atoms with van der Waals surface area (Å²) in [5, 5.41) is 4.99. The van der Waals surface area contributed by atoms with Crippen molar-refractivity contribution in [3.8, 4) is 22.5 Å². The highest BCUT2D eigenvalue weighted by Crippen LogP contribution is 2.37. The Balaban J connectivity index is 1.20. The van der Waals surface area contributed by atoms with Crippen LogP contribution in [0, 0.1) is 6.92 Å². The number of hydrogen-bond donors (Lipinski definition) is 0. The van der Waals surface area contributed by atoms with Crippen LogP contribution in [0.5, 0.6) is 0 Å². The normalized spacial score (nSPS) is 11.8. The fourth-order valence-electron chi connectivity index (χ4n) is 6.24. The molecule has 0 saturated carbocycles. The Labute approximate surface area is 268 Å². The number of benzene rings is 6. The zero-order valence-corrected chi connectivity index (χ0v) is 27.3. The maximum atomic E-state index is 3.67. The van der Waals surface area contributed by atoms with Gasteiger partial charge in [0, 0.05) is 46.3 Å². The Kier molecular flexibility index (Phi) is 6.18. The molecule has 2 aromatic heterocycles. The van der Waals surface area contributed by atoms with Crippen molar-refractivity contribution in [1.29, 1.82) is 0 Å². The Hall–Kier alpha value is -3.64. The molecule has 8 aromatic rings. The molecule has 2 heterocycles. The summed E-state index contributed by atoms with van der Waals surface area (Å²) in [6.07, 6.45) is 0. The second-order valence-corrected chi connectivity index (χ2v) is 13.5. The van der Waals surface area contributed by atoms with E-state index >= 15 is 0 Å². The number of hydrogen-bond acceptors (Lipinski definition) is 0. The van der Waals surface area contributed by atoms with Crippen LogP contribution in [0.3, 0.4) is 0 Å². The molecule has 6 aromatic carbocycles. The number of halogens is 3. The lowest BCUT2D eigenvalue weighted by Gasteiger charge is -2.11. The maximum Gasteiger partial charge on any atom is 0.0541 e. The highest BCUT2D eigenvalue weighted by molar-refractivity contribution is 9.11. The molecule has 42 heavy (non-hydrogen) atoms. The molecule has 0 aliphatic carbocycles. The molecule has 8 rings (SSSR count). The first-order chi connectivity index (χ1) is 20.4. The second-order valence-electron chi connectivity index (χ2n) is 10.8. The molecule has 0 aliphatic rings. The first-order valence-electron chi connectivity index (χ1n) is 13.8. The fourth-order valence-corrected chi connectivity index (χ4v) is 7.32. The Morgan fingerprint density at radius 2 is 0.714 bits per heavy atom. The largest absolute Gasteiger partial charge is 0.309 e. The minimum absolute atomic E-state index is 1.08. The van der Waals surface area contributed by atoms with Gasteiger partial charge >= 0.3 is 0 Å². The van der Waals surface area contributed by atoms with E-state index in [0.717, 1.165) is 24.8 Å². The molecule has 0 N–H and O–H groups in total. The van der Waals surface area contributed by atoms with Gasteiger partial charge < -0.3 is 9.13 Å². The molecule has 0 spiro atoms. The van der Waals surface area contributed by atoms with Crippen molar-refractivity contribution in [3.63, 3.8) is 0 Å². The third-order valence-corrected chi connectivity index (χ3v) is 9.64. The lowest BCUT2D eigenvalue weighted by Crippen LogP contribution is -1.95. The van der Waals surface area contributed by atoms with Crippen LogP contribution in [-0.4, -0.2) is 9.13 Å². The zero-order chi connectivity index (χ0) is 28.5. The molecule has 0 amide bonds. The summed E-state index contributed by atoms with van der Waals surface area (Å²) in [5.41, 5.74) is 10.8. The van der Waals surface area contributed by atoms with E-state index in [1.807, 2.05) is 0 Å². The van der Waals surface area contributed by atoms with Crippen LogP contribution in [-0.2, 0) is 0 Å². The first kappa shape index (κ1) is 26.0. The third-order valence-electron chi connectivity index (χ3n) is 8.16. The van der Waals surface area contributed by atoms with Crippen LogP contribution < -0.4 is 0 Å². The summed E-state index contributed by atoms with van der Waals surface area (Å²) in [6, 6.07) is 44.1. The summed E-state index contributed by atoms with van der Waals surface area (Å²) in [4.78, 5) is 0. The van der Waals surface area contributed by atoms with Gasteiger partial charge in [-0.05, 0) is 109 Å². The van der Waals surface area contributed by atoms with E-state index in [4.69, 9.17) is 0 Å². The van der Waals surface area contributed by atoms with Crippen molar-refractivity contribution in [1.82, 2.24) is 9.13 Å².